The Morgan fingerprint density at radius 3 is 2.96 bits per heavy atom. The average molecular weight is 352 g/mol. The number of carbonyl (C=O) groups is 2. The molecule has 0 radical (unpaired) electrons. The van der Waals surface area contributed by atoms with Crippen molar-refractivity contribution in [3.8, 4) is 0 Å². The molecule has 2 aromatic rings. The fourth-order valence-electron chi connectivity index (χ4n) is 2.87. The summed E-state index contributed by atoms with van der Waals surface area (Å²) in [4.78, 5) is 30.1. The number of hydrogen-bond acceptors (Lipinski definition) is 6. The maximum Gasteiger partial charge on any atom is 0.314 e. The molecule has 0 saturated carbocycles. The predicted octanol–water partition coefficient (Wildman–Crippen LogP) is 1.59. The molecule has 1 saturated heterocycles. The fraction of sp³-hybridized carbons (Fsp3) is 0.429. The first kappa shape index (κ1) is 16.5. The van der Waals surface area contributed by atoms with Gasteiger partial charge in [-0.1, -0.05) is 6.92 Å². The van der Waals surface area contributed by atoms with Gasteiger partial charge < -0.3 is 16.0 Å². The average Bonchev–Trinajstić information content (AvgIpc) is 3.02. The van der Waals surface area contributed by atoms with E-state index >= 15 is 0 Å². The van der Waals surface area contributed by atoms with Crippen LogP contribution in [-0.4, -0.2) is 44.0 Å². The van der Waals surface area contributed by atoms with Crippen molar-refractivity contribution in [2.75, 3.05) is 24.1 Å². The van der Waals surface area contributed by atoms with E-state index in [1.165, 1.54) is 17.3 Å². The molecule has 128 valence electrons. The summed E-state index contributed by atoms with van der Waals surface area (Å²) < 4.78 is 14.0. The highest BCUT2D eigenvalue weighted by Gasteiger charge is 2.27. The van der Waals surface area contributed by atoms with Crippen molar-refractivity contribution in [3.05, 3.63) is 12.4 Å². The number of likely N-dealkylation sites (tertiary alicyclic amines) is 1. The molecule has 1 aliphatic heterocycles. The first-order valence-electron chi connectivity index (χ1n) is 7.52. The molecule has 1 atom stereocenters. The van der Waals surface area contributed by atoms with Crippen LogP contribution in [0.25, 0.3) is 10.9 Å². The number of carbonyl (C=O) groups excluding carboxylic acids is 2. The number of aromatic nitrogens is 3. The normalized spacial score (nSPS) is 17.9. The smallest absolute Gasteiger partial charge is 0.314 e. The van der Waals surface area contributed by atoms with E-state index in [0.29, 0.717) is 24.4 Å². The Morgan fingerprint density at radius 2 is 2.25 bits per heavy atom. The summed E-state index contributed by atoms with van der Waals surface area (Å²) in [6.45, 7) is 3.16. The number of hydrogen-bond donors (Lipinski definition) is 2. The van der Waals surface area contributed by atoms with Gasteiger partial charge in [-0.25, -0.2) is 4.98 Å². The summed E-state index contributed by atoms with van der Waals surface area (Å²) in [6, 6.07) is 0. The molecule has 24 heavy (non-hydrogen) atoms. The monoisotopic (exact) mass is 352 g/mol. The topological polar surface area (TPSA) is 106 Å². The second-order valence-electron chi connectivity index (χ2n) is 5.86. The summed E-state index contributed by atoms with van der Waals surface area (Å²) in [5.41, 5.74) is 6.18. The number of anilines is 2. The van der Waals surface area contributed by atoms with Crippen LogP contribution in [-0.2, 0) is 9.59 Å². The Hall–Kier alpha value is -2.36. The van der Waals surface area contributed by atoms with Gasteiger partial charge >= 0.3 is 11.8 Å². The highest BCUT2D eigenvalue weighted by molar-refractivity contribution is 7.92. The summed E-state index contributed by atoms with van der Waals surface area (Å²) in [7, 11) is 0. The summed E-state index contributed by atoms with van der Waals surface area (Å²) in [5, 5.41) is 6.72. The number of pyridine rings is 1. The van der Waals surface area contributed by atoms with Crippen molar-refractivity contribution in [2.45, 2.75) is 19.8 Å². The number of piperidine rings is 1. The van der Waals surface area contributed by atoms with E-state index in [0.717, 1.165) is 16.9 Å². The van der Waals surface area contributed by atoms with Crippen LogP contribution in [0.5, 0.6) is 0 Å². The fourth-order valence-corrected chi connectivity index (χ4v) is 3.22. The molecule has 0 bridgehead atoms. The van der Waals surface area contributed by atoms with Crippen molar-refractivity contribution in [1.29, 1.82) is 0 Å². The van der Waals surface area contributed by atoms with E-state index in [2.05, 4.69) is 15.4 Å². The molecule has 2 amide bonds. The zero-order valence-electron chi connectivity index (χ0n) is 13.0. The molecule has 3 N–H and O–H groups in total. The minimum atomic E-state index is -0.784. The van der Waals surface area contributed by atoms with Crippen molar-refractivity contribution in [2.24, 2.45) is 5.92 Å². The maximum absolute atomic E-state index is 13.0. The van der Waals surface area contributed by atoms with E-state index in [4.69, 9.17) is 5.73 Å². The van der Waals surface area contributed by atoms with Gasteiger partial charge in [0, 0.05) is 13.1 Å². The predicted molar refractivity (Wildman–Crippen MR) is 89.6 cm³/mol. The zero-order chi connectivity index (χ0) is 17.3. The van der Waals surface area contributed by atoms with Gasteiger partial charge in [-0.05, 0) is 18.8 Å². The summed E-state index contributed by atoms with van der Waals surface area (Å²) in [5.74, 6) is -0.858. The Morgan fingerprint density at radius 1 is 1.46 bits per heavy atom. The van der Waals surface area contributed by atoms with Crippen LogP contribution < -0.4 is 11.1 Å². The number of nitrogens with zero attached hydrogens (tertiary/aromatic N) is 4. The third-order valence-electron chi connectivity index (χ3n) is 4.05. The second-order valence-corrected chi connectivity index (χ2v) is 6.34. The molecule has 2 aromatic heterocycles. The number of amides is 2. The van der Waals surface area contributed by atoms with Gasteiger partial charge in [0.1, 0.15) is 11.3 Å². The van der Waals surface area contributed by atoms with Gasteiger partial charge in [-0.2, -0.15) is 9.19 Å². The van der Waals surface area contributed by atoms with Crippen LogP contribution in [0.3, 0.4) is 0 Å². The van der Waals surface area contributed by atoms with Crippen molar-refractivity contribution in [1.82, 2.24) is 19.1 Å². The lowest BCUT2D eigenvalue weighted by atomic mass is 10.0. The van der Waals surface area contributed by atoms with Gasteiger partial charge in [-0.3, -0.25) is 9.59 Å². The quantitative estimate of drug-likeness (QED) is 0.795. The Bertz CT molecular complexity index is 795. The standard InChI is InChI=1S/C14H17FN6O2S/c1-8-3-2-4-20(7-8)14(23)13(22)19-10-6-17-12(16)9-5-18-21(24-15)11(9)10/h5-6,8H,2-4,7H2,1H3,(H2,16,17)(H,19,22). The first-order valence-corrected chi connectivity index (χ1v) is 8.20. The van der Waals surface area contributed by atoms with Gasteiger partial charge in [0.25, 0.3) is 0 Å². The number of nitrogen functional groups attached to an aromatic ring is 1. The van der Waals surface area contributed by atoms with Crippen LogP contribution in [0.2, 0.25) is 0 Å². The van der Waals surface area contributed by atoms with Gasteiger partial charge in [-0.15, -0.1) is 3.89 Å². The van der Waals surface area contributed by atoms with Crippen LogP contribution >= 0.6 is 12.3 Å². The molecule has 1 unspecified atom stereocenters. The Balaban J connectivity index is 1.84. The number of rotatable bonds is 2. The molecule has 8 nitrogen and oxygen atoms in total. The summed E-state index contributed by atoms with van der Waals surface area (Å²) >= 11 is -0.133. The lowest BCUT2D eigenvalue weighted by Gasteiger charge is -2.30. The highest BCUT2D eigenvalue weighted by atomic mass is 32.2. The summed E-state index contributed by atoms with van der Waals surface area (Å²) in [6.07, 6.45) is 4.56. The Labute approximate surface area is 142 Å². The molecule has 3 heterocycles. The largest absolute Gasteiger partial charge is 0.383 e. The number of halogens is 1. The molecule has 0 spiro atoms. The molecular formula is C14H17FN6O2S. The van der Waals surface area contributed by atoms with E-state index in [-0.39, 0.29) is 29.4 Å². The van der Waals surface area contributed by atoms with Gasteiger partial charge in [0.05, 0.1) is 23.5 Å². The highest BCUT2D eigenvalue weighted by Crippen LogP contribution is 2.29. The third-order valence-corrected chi connectivity index (χ3v) is 4.46. The lowest BCUT2D eigenvalue weighted by Crippen LogP contribution is -2.44. The molecular weight excluding hydrogens is 335 g/mol. The minimum absolute atomic E-state index is 0.133. The molecule has 1 aliphatic rings. The molecule has 10 heteroatoms. The van der Waals surface area contributed by atoms with E-state index < -0.39 is 11.8 Å². The maximum atomic E-state index is 13.0. The van der Waals surface area contributed by atoms with Crippen molar-refractivity contribution >= 4 is 46.6 Å². The van der Waals surface area contributed by atoms with Crippen molar-refractivity contribution < 1.29 is 13.5 Å². The molecule has 1 fully saturated rings. The van der Waals surface area contributed by atoms with Gasteiger partial charge in [0.2, 0.25) is 0 Å². The minimum Gasteiger partial charge on any atom is -0.383 e. The van der Waals surface area contributed by atoms with Crippen molar-refractivity contribution in [3.63, 3.8) is 0 Å². The van der Waals surface area contributed by atoms with Crippen LogP contribution in [0.4, 0.5) is 15.4 Å². The molecule has 0 aromatic carbocycles. The Kier molecular flexibility index (Phi) is 4.56. The van der Waals surface area contributed by atoms with Crippen LogP contribution in [0.1, 0.15) is 19.8 Å². The molecule has 3 rings (SSSR count). The zero-order valence-corrected chi connectivity index (χ0v) is 13.8. The van der Waals surface area contributed by atoms with Crippen LogP contribution in [0, 0.1) is 5.92 Å². The number of nitrogens with one attached hydrogen (secondary N) is 1. The van der Waals surface area contributed by atoms with E-state index in [1.807, 2.05) is 6.92 Å². The SMILES string of the molecule is CC1CCCN(C(=O)C(=O)Nc2cnc(N)c3cnn(SF)c23)C1. The first-order chi connectivity index (χ1) is 11.5. The number of fused-ring (bicyclic) bond motifs is 1. The van der Waals surface area contributed by atoms with Crippen LogP contribution in [0.15, 0.2) is 12.4 Å². The second kappa shape index (κ2) is 6.63. The van der Waals surface area contributed by atoms with E-state index in [9.17, 15) is 13.5 Å². The number of nitrogens with two attached hydrogens (primary N) is 1. The lowest BCUT2D eigenvalue weighted by molar-refractivity contribution is -0.144. The van der Waals surface area contributed by atoms with Gasteiger partial charge in [0.15, 0.2) is 12.3 Å². The third kappa shape index (κ3) is 3.01. The molecule has 0 aliphatic carbocycles. The van der Waals surface area contributed by atoms with E-state index in [1.54, 1.807) is 0 Å².